The van der Waals surface area contributed by atoms with Gasteiger partial charge in [0.1, 0.15) is 5.75 Å². The molecule has 0 bridgehead atoms. The van der Waals surface area contributed by atoms with Crippen LogP contribution in [0.3, 0.4) is 0 Å². The van der Waals surface area contributed by atoms with Crippen LogP contribution in [-0.4, -0.2) is 19.0 Å². The number of esters is 1. The summed E-state index contributed by atoms with van der Waals surface area (Å²) in [6, 6.07) is 16.6. The molecule has 3 aromatic rings. The number of rotatable bonds is 3. The van der Waals surface area contributed by atoms with Gasteiger partial charge in [-0.05, 0) is 41.1 Å². The molecule has 4 nitrogen and oxygen atoms in total. The fourth-order valence-corrected chi connectivity index (χ4v) is 3.20. The SMILES string of the molecule is COc1ccc2ccccc2c1C=C1N=C(c2ccc(Cl)c(Cl)c2)OC1=O. The average Bonchev–Trinajstić information content (AvgIpc) is 3.05. The van der Waals surface area contributed by atoms with Crippen LogP contribution in [0.1, 0.15) is 11.1 Å². The molecule has 6 heteroatoms. The smallest absolute Gasteiger partial charge is 0.363 e. The highest BCUT2D eigenvalue weighted by Crippen LogP contribution is 2.32. The number of benzene rings is 3. The van der Waals surface area contributed by atoms with Crippen LogP contribution < -0.4 is 4.74 Å². The van der Waals surface area contributed by atoms with E-state index in [1.54, 1.807) is 31.4 Å². The molecule has 134 valence electrons. The number of hydrogen-bond acceptors (Lipinski definition) is 4. The predicted octanol–water partition coefficient (Wildman–Crippen LogP) is 5.50. The van der Waals surface area contributed by atoms with Gasteiger partial charge in [-0.3, -0.25) is 0 Å². The van der Waals surface area contributed by atoms with Crippen molar-refractivity contribution in [3.8, 4) is 5.75 Å². The molecule has 0 atom stereocenters. The Morgan fingerprint density at radius 3 is 2.63 bits per heavy atom. The van der Waals surface area contributed by atoms with Crippen molar-refractivity contribution in [2.45, 2.75) is 0 Å². The second kappa shape index (κ2) is 7.06. The van der Waals surface area contributed by atoms with Crippen molar-refractivity contribution in [1.29, 1.82) is 0 Å². The molecule has 0 radical (unpaired) electrons. The summed E-state index contributed by atoms with van der Waals surface area (Å²) in [5, 5.41) is 2.77. The number of carbonyl (C=O) groups excluding carboxylic acids is 1. The van der Waals surface area contributed by atoms with Crippen LogP contribution in [0.4, 0.5) is 0 Å². The highest BCUT2D eigenvalue weighted by Gasteiger charge is 2.25. The zero-order valence-electron chi connectivity index (χ0n) is 14.2. The van der Waals surface area contributed by atoms with E-state index >= 15 is 0 Å². The molecule has 0 fully saturated rings. The van der Waals surface area contributed by atoms with Crippen LogP contribution >= 0.6 is 23.2 Å². The van der Waals surface area contributed by atoms with E-state index in [0.29, 0.717) is 21.4 Å². The van der Waals surface area contributed by atoms with Crippen LogP contribution in [0.25, 0.3) is 16.8 Å². The van der Waals surface area contributed by atoms with E-state index in [1.165, 1.54) is 0 Å². The number of fused-ring (bicyclic) bond motifs is 1. The van der Waals surface area contributed by atoms with Crippen molar-refractivity contribution < 1.29 is 14.3 Å². The first-order valence-electron chi connectivity index (χ1n) is 8.10. The third-order valence-corrected chi connectivity index (χ3v) is 4.96. The maximum atomic E-state index is 12.3. The molecule has 0 aromatic heterocycles. The maximum Gasteiger partial charge on any atom is 0.363 e. The Kier molecular flexibility index (Phi) is 4.60. The van der Waals surface area contributed by atoms with Gasteiger partial charge in [0.2, 0.25) is 5.90 Å². The third kappa shape index (κ3) is 3.29. The van der Waals surface area contributed by atoms with E-state index in [4.69, 9.17) is 32.7 Å². The summed E-state index contributed by atoms with van der Waals surface area (Å²) < 4.78 is 10.8. The Balaban J connectivity index is 1.82. The number of hydrogen-bond donors (Lipinski definition) is 0. The van der Waals surface area contributed by atoms with Gasteiger partial charge in [0.15, 0.2) is 5.70 Å². The van der Waals surface area contributed by atoms with E-state index in [2.05, 4.69) is 4.99 Å². The van der Waals surface area contributed by atoms with E-state index in [0.717, 1.165) is 16.3 Å². The van der Waals surface area contributed by atoms with E-state index in [-0.39, 0.29) is 11.6 Å². The summed E-state index contributed by atoms with van der Waals surface area (Å²) in [6.07, 6.45) is 1.67. The summed E-state index contributed by atoms with van der Waals surface area (Å²) in [5.74, 6) is 0.294. The van der Waals surface area contributed by atoms with Gasteiger partial charge in [-0.15, -0.1) is 0 Å². The Morgan fingerprint density at radius 1 is 1.04 bits per heavy atom. The highest BCUT2D eigenvalue weighted by molar-refractivity contribution is 6.42. The summed E-state index contributed by atoms with van der Waals surface area (Å²) >= 11 is 12.0. The van der Waals surface area contributed by atoms with Crippen molar-refractivity contribution in [2.24, 2.45) is 4.99 Å². The molecule has 4 rings (SSSR count). The van der Waals surface area contributed by atoms with E-state index < -0.39 is 5.97 Å². The molecule has 3 aromatic carbocycles. The third-order valence-electron chi connectivity index (χ3n) is 4.22. The summed E-state index contributed by atoms with van der Waals surface area (Å²) in [4.78, 5) is 16.7. The number of halogens is 2. The van der Waals surface area contributed by atoms with Gasteiger partial charge in [-0.2, -0.15) is 0 Å². The Labute approximate surface area is 165 Å². The van der Waals surface area contributed by atoms with E-state index in [1.807, 2.05) is 36.4 Å². The number of cyclic esters (lactones) is 1. The number of aliphatic imine (C=N–C) groups is 1. The van der Waals surface area contributed by atoms with Crippen LogP contribution in [0.2, 0.25) is 10.0 Å². The Hall–Kier alpha value is -2.82. The van der Waals surface area contributed by atoms with Crippen molar-refractivity contribution in [2.75, 3.05) is 7.11 Å². The molecule has 1 aliphatic rings. The van der Waals surface area contributed by atoms with Crippen molar-refractivity contribution in [1.82, 2.24) is 0 Å². The van der Waals surface area contributed by atoms with Crippen LogP contribution in [0.15, 0.2) is 65.3 Å². The lowest BCUT2D eigenvalue weighted by molar-refractivity contribution is -0.129. The van der Waals surface area contributed by atoms with Gasteiger partial charge >= 0.3 is 5.97 Å². The minimum absolute atomic E-state index is 0.184. The molecular formula is C21H13Cl2NO3. The molecular weight excluding hydrogens is 385 g/mol. The monoisotopic (exact) mass is 397 g/mol. The molecule has 0 saturated carbocycles. The number of nitrogens with zero attached hydrogens (tertiary/aromatic N) is 1. The zero-order chi connectivity index (χ0) is 19.0. The lowest BCUT2D eigenvalue weighted by Crippen LogP contribution is -2.05. The predicted molar refractivity (Wildman–Crippen MR) is 108 cm³/mol. The lowest BCUT2D eigenvalue weighted by Gasteiger charge is -2.08. The number of ether oxygens (including phenoxy) is 2. The number of carbonyl (C=O) groups is 1. The molecule has 27 heavy (non-hydrogen) atoms. The first-order chi connectivity index (χ1) is 13.1. The van der Waals surface area contributed by atoms with Gasteiger partial charge in [0.25, 0.3) is 0 Å². The van der Waals surface area contributed by atoms with Crippen molar-refractivity contribution in [3.63, 3.8) is 0 Å². The zero-order valence-corrected chi connectivity index (χ0v) is 15.7. The fraction of sp³-hybridized carbons (Fsp3) is 0.0476. The first kappa shape index (κ1) is 17.6. The van der Waals surface area contributed by atoms with Gasteiger partial charge < -0.3 is 9.47 Å². The topological polar surface area (TPSA) is 47.9 Å². The van der Waals surface area contributed by atoms with Crippen LogP contribution in [0, 0.1) is 0 Å². The normalized spacial score (nSPS) is 15.1. The lowest BCUT2D eigenvalue weighted by atomic mass is 10.0. The summed E-state index contributed by atoms with van der Waals surface area (Å²) in [7, 11) is 1.59. The van der Waals surface area contributed by atoms with Crippen LogP contribution in [0.5, 0.6) is 5.75 Å². The van der Waals surface area contributed by atoms with Crippen LogP contribution in [-0.2, 0) is 9.53 Å². The van der Waals surface area contributed by atoms with Gasteiger partial charge in [-0.1, -0.05) is 53.5 Å². The van der Waals surface area contributed by atoms with E-state index in [9.17, 15) is 4.79 Å². The number of methoxy groups -OCH3 is 1. The Morgan fingerprint density at radius 2 is 1.85 bits per heavy atom. The largest absolute Gasteiger partial charge is 0.496 e. The minimum atomic E-state index is -0.536. The summed E-state index contributed by atoms with van der Waals surface area (Å²) in [5.41, 5.74) is 1.53. The molecule has 0 amide bonds. The van der Waals surface area contributed by atoms with Gasteiger partial charge in [0.05, 0.1) is 17.2 Å². The molecule has 1 aliphatic heterocycles. The first-order valence-corrected chi connectivity index (χ1v) is 8.86. The molecule has 0 spiro atoms. The highest BCUT2D eigenvalue weighted by atomic mass is 35.5. The average molecular weight is 398 g/mol. The standard InChI is InChI=1S/C21H13Cl2NO3/c1-26-19-9-7-12-4-2-3-5-14(12)15(19)11-18-21(25)27-20(24-18)13-6-8-16(22)17(23)10-13/h2-11H,1H3. The molecule has 1 heterocycles. The maximum absolute atomic E-state index is 12.3. The van der Waals surface area contributed by atoms with Gasteiger partial charge in [-0.25, -0.2) is 9.79 Å². The minimum Gasteiger partial charge on any atom is -0.496 e. The second-order valence-electron chi connectivity index (χ2n) is 5.87. The Bertz CT molecular complexity index is 1140. The fourth-order valence-electron chi connectivity index (χ4n) is 2.90. The van der Waals surface area contributed by atoms with Crippen molar-refractivity contribution >= 4 is 51.9 Å². The molecule has 0 saturated heterocycles. The molecule has 0 unspecified atom stereocenters. The molecule has 0 N–H and O–H groups in total. The quantitative estimate of drug-likeness (QED) is 0.432. The second-order valence-corrected chi connectivity index (χ2v) is 6.68. The molecule has 0 aliphatic carbocycles. The van der Waals surface area contributed by atoms with Gasteiger partial charge in [0, 0.05) is 11.1 Å². The van der Waals surface area contributed by atoms with Crippen molar-refractivity contribution in [3.05, 3.63) is 81.5 Å². The summed E-state index contributed by atoms with van der Waals surface area (Å²) in [6.45, 7) is 0.